The van der Waals surface area contributed by atoms with Gasteiger partial charge in [-0.05, 0) is 29.5 Å². The maximum absolute atomic E-state index is 12.3. The van der Waals surface area contributed by atoms with Gasteiger partial charge in [0.1, 0.15) is 0 Å². The van der Waals surface area contributed by atoms with Crippen molar-refractivity contribution in [3.63, 3.8) is 0 Å². The molecule has 0 radical (unpaired) electrons. The smallest absolute Gasteiger partial charge is 0.221 e. The fraction of sp³-hybridized carbons (Fsp3) is 0.333. The van der Waals surface area contributed by atoms with Crippen LogP contribution in [0.15, 0.2) is 46.1 Å². The minimum atomic E-state index is 0.102. The van der Waals surface area contributed by atoms with Crippen LogP contribution in [0.4, 0.5) is 0 Å². The Morgan fingerprint density at radius 1 is 1.25 bits per heavy atom. The number of carbonyl (C=O) groups excluding carboxylic acids is 1. The summed E-state index contributed by atoms with van der Waals surface area (Å²) in [5, 5.41) is 5.23. The summed E-state index contributed by atoms with van der Waals surface area (Å²) in [4.78, 5) is 18.1. The van der Waals surface area contributed by atoms with Crippen LogP contribution in [-0.2, 0) is 4.79 Å². The van der Waals surface area contributed by atoms with E-state index in [2.05, 4.69) is 41.7 Å². The third-order valence-corrected chi connectivity index (χ3v) is 6.80. The highest BCUT2D eigenvalue weighted by molar-refractivity contribution is 8.01. The van der Waals surface area contributed by atoms with Gasteiger partial charge >= 0.3 is 0 Å². The van der Waals surface area contributed by atoms with Crippen LogP contribution in [0.5, 0.6) is 0 Å². The van der Waals surface area contributed by atoms with E-state index in [1.807, 2.05) is 24.3 Å². The van der Waals surface area contributed by atoms with Crippen LogP contribution >= 0.6 is 34.4 Å². The molecule has 6 heteroatoms. The monoisotopic (exact) mass is 376 g/mol. The van der Waals surface area contributed by atoms with Gasteiger partial charge < -0.3 is 5.32 Å². The summed E-state index contributed by atoms with van der Waals surface area (Å²) in [6.07, 6.45) is 0.509. The maximum Gasteiger partial charge on any atom is 0.221 e. The molecule has 1 amide bonds. The second-order valence-electron chi connectivity index (χ2n) is 5.85. The SMILES string of the molecule is CC(C)C(NC(=O)CCSc1nc2ccccc2s1)c1cccs1. The van der Waals surface area contributed by atoms with E-state index in [0.29, 0.717) is 12.3 Å². The molecule has 126 valence electrons. The molecule has 24 heavy (non-hydrogen) atoms. The lowest BCUT2D eigenvalue weighted by Crippen LogP contribution is -2.31. The van der Waals surface area contributed by atoms with Crippen molar-refractivity contribution in [2.75, 3.05) is 5.75 Å². The van der Waals surface area contributed by atoms with Crippen molar-refractivity contribution in [1.82, 2.24) is 10.3 Å². The molecule has 0 saturated heterocycles. The second kappa shape index (κ2) is 8.14. The summed E-state index contributed by atoms with van der Waals surface area (Å²) in [5.74, 6) is 1.24. The molecule has 1 unspecified atom stereocenters. The van der Waals surface area contributed by atoms with Gasteiger partial charge in [0, 0.05) is 17.1 Å². The first-order valence-corrected chi connectivity index (χ1v) is 10.6. The average molecular weight is 377 g/mol. The predicted octanol–water partition coefficient (Wildman–Crippen LogP) is 5.35. The molecule has 0 saturated carbocycles. The zero-order valence-corrected chi connectivity index (χ0v) is 16.1. The molecule has 1 aromatic carbocycles. The van der Waals surface area contributed by atoms with Crippen LogP contribution in [0.3, 0.4) is 0 Å². The van der Waals surface area contributed by atoms with Crippen LogP contribution in [0, 0.1) is 5.92 Å². The molecule has 2 aromatic heterocycles. The van der Waals surface area contributed by atoms with Crippen molar-refractivity contribution in [3.8, 4) is 0 Å². The maximum atomic E-state index is 12.3. The van der Waals surface area contributed by atoms with E-state index in [4.69, 9.17) is 0 Å². The standard InChI is InChI=1S/C18H20N2OS3/c1-12(2)17(15-8-5-10-22-15)20-16(21)9-11-23-18-19-13-6-3-4-7-14(13)24-18/h3-8,10,12,17H,9,11H2,1-2H3,(H,20,21). The molecule has 0 aliphatic carbocycles. The topological polar surface area (TPSA) is 42.0 Å². The summed E-state index contributed by atoms with van der Waals surface area (Å²) in [6, 6.07) is 12.4. The number of rotatable bonds is 7. The van der Waals surface area contributed by atoms with Crippen molar-refractivity contribution in [3.05, 3.63) is 46.7 Å². The number of carbonyl (C=O) groups is 1. The molecule has 1 atom stereocenters. The van der Waals surface area contributed by atoms with E-state index < -0.39 is 0 Å². The Balaban J connectivity index is 1.51. The molecular formula is C18H20N2OS3. The summed E-state index contributed by atoms with van der Waals surface area (Å²) in [5.41, 5.74) is 1.03. The Morgan fingerprint density at radius 3 is 2.79 bits per heavy atom. The Hall–Kier alpha value is -1.37. The Kier molecular flexibility index (Phi) is 5.92. The van der Waals surface area contributed by atoms with E-state index in [9.17, 15) is 4.79 Å². The van der Waals surface area contributed by atoms with E-state index >= 15 is 0 Å². The lowest BCUT2D eigenvalue weighted by molar-refractivity contribution is -0.121. The number of thiazole rings is 1. The van der Waals surface area contributed by atoms with Gasteiger partial charge in [-0.3, -0.25) is 4.79 Å². The number of para-hydroxylation sites is 1. The number of nitrogens with zero attached hydrogens (tertiary/aromatic N) is 1. The highest BCUT2D eigenvalue weighted by atomic mass is 32.2. The molecule has 0 aliphatic rings. The van der Waals surface area contributed by atoms with Crippen LogP contribution in [-0.4, -0.2) is 16.6 Å². The fourth-order valence-corrected chi connectivity index (χ4v) is 5.45. The van der Waals surface area contributed by atoms with Gasteiger partial charge in [0.15, 0.2) is 4.34 Å². The predicted molar refractivity (Wildman–Crippen MR) is 105 cm³/mol. The summed E-state index contributed by atoms with van der Waals surface area (Å²) in [7, 11) is 0. The average Bonchev–Trinajstić information content (AvgIpc) is 3.21. The van der Waals surface area contributed by atoms with Gasteiger partial charge in [-0.15, -0.1) is 22.7 Å². The van der Waals surface area contributed by atoms with Crippen molar-refractivity contribution in [2.45, 2.75) is 30.6 Å². The molecular weight excluding hydrogens is 356 g/mol. The largest absolute Gasteiger partial charge is 0.348 e. The van der Waals surface area contributed by atoms with Crippen molar-refractivity contribution < 1.29 is 4.79 Å². The van der Waals surface area contributed by atoms with Crippen molar-refractivity contribution in [2.24, 2.45) is 5.92 Å². The molecule has 0 bridgehead atoms. The van der Waals surface area contributed by atoms with Crippen molar-refractivity contribution in [1.29, 1.82) is 0 Å². The molecule has 2 heterocycles. The van der Waals surface area contributed by atoms with Crippen molar-refractivity contribution >= 4 is 50.6 Å². The number of hydrogen-bond acceptors (Lipinski definition) is 5. The lowest BCUT2D eigenvalue weighted by atomic mass is 10.0. The van der Waals surface area contributed by atoms with Crippen LogP contribution in [0.1, 0.15) is 31.2 Å². The fourth-order valence-electron chi connectivity index (χ4n) is 2.42. The minimum Gasteiger partial charge on any atom is -0.348 e. The number of fused-ring (bicyclic) bond motifs is 1. The first-order valence-electron chi connectivity index (χ1n) is 7.94. The van der Waals surface area contributed by atoms with Crippen LogP contribution < -0.4 is 5.32 Å². The van der Waals surface area contributed by atoms with Crippen LogP contribution in [0.2, 0.25) is 0 Å². The van der Waals surface area contributed by atoms with Gasteiger partial charge in [0.05, 0.1) is 16.3 Å². The van der Waals surface area contributed by atoms with Gasteiger partial charge in [0.25, 0.3) is 0 Å². The minimum absolute atomic E-state index is 0.102. The highest BCUT2D eigenvalue weighted by Crippen LogP contribution is 2.30. The zero-order valence-electron chi connectivity index (χ0n) is 13.7. The molecule has 1 N–H and O–H groups in total. The third-order valence-electron chi connectivity index (χ3n) is 3.66. The third kappa shape index (κ3) is 4.37. The summed E-state index contributed by atoms with van der Waals surface area (Å²) < 4.78 is 2.23. The van der Waals surface area contributed by atoms with E-state index in [-0.39, 0.29) is 11.9 Å². The van der Waals surface area contributed by atoms with Gasteiger partial charge in [-0.25, -0.2) is 4.98 Å². The molecule has 3 aromatic rings. The Morgan fingerprint density at radius 2 is 2.08 bits per heavy atom. The molecule has 0 spiro atoms. The summed E-state index contributed by atoms with van der Waals surface area (Å²) >= 11 is 5.04. The van der Waals surface area contributed by atoms with E-state index in [1.165, 1.54) is 9.58 Å². The van der Waals surface area contributed by atoms with Gasteiger partial charge in [-0.2, -0.15) is 0 Å². The number of benzene rings is 1. The van der Waals surface area contributed by atoms with Gasteiger partial charge in [0.2, 0.25) is 5.91 Å². The number of amides is 1. The number of thiophene rings is 1. The van der Waals surface area contributed by atoms with E-state index in [0.717, 1.165) is 15.6 Å². The molecule has 0 aliphatic heterocycles. The van der Waals surface area contributed by atoms with Crippen LogP contribution in [0.25, 0.3) is 10.2 Å². The summed E-state index contributed by atoms with van der Waals surface area (Å²) in [6.45, 7) is 4.28. The quantitative estimate of drug-likeness (QED) is 0.565. The molecule has 3 nitrogen and oxygen atoms in total. The first-order chi connectivity index (χ1) is 11.6. The first kappa shape index (κ1) is 17.5. The van der Waals surface area contributed by atoms with Gasteiger partial charge in [-0.1, -0.05) is 43.8 Å². The molecule has 3 rings (SSSR count). The molecule has 0 fully saturated rings. The normalized spacial score (nSPS) is 12.6. The number of aromatic nitrogens is 1. The Bertz CT molecular complexity index is 763. The zero-order chi connectivity index (χ0) is 16.9. The number of thioether (sulfide) groups is 1. The Labute approximate surface area is 154 Å². The number of nitrogens with one attached hydrogen (secondary N) is 1. The number of hydrogen-bond donors (Lipinski definition) is 1. The highest BCUT2D eigenvalue weighted by Gasteiger charge is 2.19. The second-order valence-corrected chi connectivity index (χ2v) is 9.20. The van der Waals surface area contributed by atoms with E-state index in [1.54, 1.807) is 34.4 Å². The lowest BCUT2D eigenvalue weighted by Gasteiger charge is -2.21.